The number of nitrogens with zero attached hydrogens (tertiary/aromatic N) is 1. The van der Waals surface area contributed by atoms with Gasteiger partial charge in [-0.15, -0.1) is 0 Å². The van der Waals surface area contributed by atoms with Gasteiger partial charge in [0.25, 0.3) is 0 Å². The van der Waals surface area contributed by atoms with E-state index < -0.39 is 9.84 Å². The molecule has 0 saturated carbocycles. The van der Waals surface area contributed by atoms with Crippen molar-refractivity contribution in [2.75, 3.05) is 11.9 Å². The van der Waals surface area contributed by atoms with E-state index in [0.717, 1.165) is 22.8 Å². The normalized spacial score (nSPS) is 11.3. The Morgan fingerprint density at radius 2 is 1.73 bits per heavy atom. The number of hydrogen-bond donors (Lipinski definition) is 1. The number of anilines is 2. The number of hydrogen-bond acceptors (Lipinski definition) is 6. The molecule has 1 aromatic heterocycles. The molecule has 0 atom stereocenters. The van der Waals surface area contributed by atoms with Gasteiger partial charge in [0.1, 0.15) is 10.1 Å². The first-order chi connectivity index (χ1) is 12.4. The summed E-state index contributed by atoms with van der Waals surface area (Å²) in [5.74, 6) is 0.751. The van der Waals surface area contributed by atoms with Gasteiger partial charge in [-0.2, -0.15) is 0 Å². The van der Waals surface area contributed by atoms with Crippen molar-refractivity contribution >= 4 is 55.2 Å². The Bertz CT molecular complexity index is 1000. The maximum atomic E-state index is 12.7. The van der Waals surface area contributed by atoms with Crippen molar-refractivity contribution in [1.82, 2.24) is 4.98 Å². The van der Waals surface area contributed by atoms with Crippen LogP contribution in [0.3, 0.4) is 0 Å². The average Bonchev–Trinajstić information content (AvgIpc) is 2.98. The fraction of sp³-hybridized carbons (Fsp3) is 0.118. The van der Waals surface area contributed by atoms with Crippen molar-refractivity contribution in [3.8, 4) is 5.75 Å². The summed E-state index contributed by atoms with van der Waals surface area (Å²) in [6.45, 7) is 2.49. The molecule has 0 amide bonds. The molecule has 0 spiro atoms. The Morgan fingerprint density at radius 1 is 1.08 bits per heavy atom. The Labute approximate surface area is 165 Å². The summed E-state index contributed by atoms with van der Waals surface area (Å²) in [6.07, 6.45) is 0. The van der Waals surface area contributed by atoms with Gasteiger partial charge < -0.3 is 10.1 Å². The highest BCUT2D eigenvalue weighted by Crippen LogP contribution is 2.36. The molecule has 2 aromatic carbocycles. The summed E-state index contributed by atoms with van der Waals surface area (Å²) in [6, 6.07) is 13.1. The molecule has 0 saturated heterocycles. The molecule has 0 bridgehead atoms. The minimum atomic E-state index is -3.82. The van der Waals surface area contributed by atoms with E-state index in [1.807, 2.05) is 31.2 Å². The number of thiazole rings is 1. The van der Waals surface area contributed by atoms with E-state index in [1.54, 1.807) is 0 Å². The molecule has 0 fully saturated rings. The lowest BCUT2D eigenvalue weighted by Gasteiger charge is -2.05. The van der Waals surface area contributed by atoms with Crippen molar-refractivity contribution < 1.29 is 13.2 Å². The van der Waals surface area contributed by atoms with Crippen LogP contribution in [0.4, 0.5) is 10.8 Å². The Balaban J connectivity index is 1.85. The smallest absolute Gasteiger partial charge is 0.226 e. The molecule has 9 heteroatoms. The van der Waals surface area contributed by atoms with Gasteiger partial charge in [-0.1, -0.05) is 34.5 Å². The number of halogens is 2. The standard InChI is InChI=1S/C17H14Cl2N2O3S2/c1-2-24-13-7-5-12(6-8-13)20-17-21-16(15(19)25-17)26(22,23)14-9-3-11(18)4-10-14/h3-10H,2H2,1H3,(H,20,21). The average molecular weight is 429 g/mol. The third-order valence-electron chi connectivity index (χ3n) is 3.35. The lowest BCUT2D eigenvalue weighted by atomic mass is 10.3. The molecule has 0 aliphatic carbocycles. The van der Waals surface area contributed by atoms with Gasteiger partial charge in [0, 0.05) is 10.7 Å². The molecular weight excluding hydrogens is 415 g/mol. The van der Waals surface area contributed by atoms with Crippen molar-refractivity contribution in [2.45, 2.75) is 16.8 Å². The molecule has 0 unspecified atom stereocenters. The van der Waals surface area contributed by atoms with Crippen molar-refractivity contribution in [3.63, 3.8) is 0 Å². The van der Waals surface area contributed by atoms with Crippen molar-refractivity contribution in [3.05, 3.63) is 57.9 Å². The number of ether oxygens (including phenoxy) is 1. The molecule has 0 radical (unpaired) electrons. The Morgan fingerprint density at radius 3 is 2.35 bits per heavy atom. The van der Waals surface area contributed by atoms with Crippen molar-refractivity contribution in [1.29, 1.82) is 0 Å². The zero-order valence-electron chi connectivity index (χ0n) is 13.6. The Kier molecular flexibility index (Phi) is 5.72. The summed E-state index contributed by atoms with van der Waals surface area (Å²) in [7, 11) is -3.82. The van der Waals surface area contributed by atoms with Crippen LogP contribution in [0.25, 0.3) is 0 Å². The first-order valence-electron chi connectivity index (χ1n) is 7.57. The molecule has 26 heavy (non-hydrogen) atoms. The second-order valence-corrected chi connectivity index (χ2v) is 9.04. The summed E-state index contributed by atoms with van der Waals surface area (Å²) in [5, 5.41) is 3.70. The van der Waals surface area contributed by atoms with E-state index in [4.69, 9.17) is 27.9 Å². The van der Waals surface area contributed by atoms with Crippen LogP contribution in [-0.2, 0) is 9.84 Å². The van der Waals surface area contributed by atoms with Crippen LogP contribution in [0, 0.1) is 0 Å². The fourth-order valence-corrected chi connectivity index (χ4v) is 5.11. The highest BCUT2D eigenvalue weighted by Gasteiger charge is 2.25. The number of aromatic nitrogens is 1. The van der Waals surface area contributed by atoms with Gasteiger partial charge in [-0.3, -0.25) is 0 Å². The minimum Gasteiger partial charge on any atom is -0.494 e. The highest BCUT2D eigenvalue weighted by atomic mass is 35.5. The van der Waals surface area contributed by atoms with E-state index in [-0.39, 0.29) is 14.3 Å². The van der Waals surface area contributed by atoms with Gasteiger partial charge in [-0.05, 0) is 55.5 Å². The lowest BCUT2D eigenvalue weighted by Crippen LogP contribution is -2.03. The van der Waals surface area contributed by atoms with Gasteiger partial charge in [0.15, 0.2) is 10.2 Å². The monoisotopic (exact) mass is 428 g/mol. The maximum Gasteiger partial charge on any atom is 0.226 e. The predicted molar refractivity (Wildman–Crippen MR) is 105 cm³/mol. The van der Waals surface area contributed by atoms with E-state index in [1.165, 1.54) is 24.3 Å². The second-order valence-electron chi connectivity index (χ2n) is 5.14. The van der Waals surface area contributed by atoms with Crippen LogP contribution in [-0.4, -0.2) is 20.0 Å². The third-order valence-corrected chi connectivity index (χ3v) is 6.71. The number of nitrogens with one attached hydrogen (secondary N) is 1. The zero-order chi connectivity index (χ0) is 18.7. The minimum absolute atomic E-state index is 0.0849. The summed E-state index contributed by atoms with van der Waals surface area (Å²) in [4.78, 5) is 4.24. The highest BCUT2D eigenvalue weighted by molar-refractivity contribution is 7.91. The molecule has 5 nitrogen and oxygen atoms in total. The Hall–Kier alpha value is -1.80. The van der Waals surface area contributed by atoms with Crippen molar-refractivity contribution in [2.24, 2.45) is 0 Å². The topological polar surface area (TPSA) is 68.3 Å². The van der Waals surface area contributed by atoms with E-state index in [9.17, 15) is 8.42 Å². The quantitative estimate of drug-likeness (QED) is 0.566. The van der Waals surface area contributed by atoms with Gasteiger partial charge in [-0.25, -0.2) is 13.4 Å². The van der Waals surface area contributed by atoms with Crippen LogP contribution in [0.5, 0.6) is 5.75 Å². The number of rotatable bonds is 6. The van der Waals surface area contributed by atoms with Crippen LogP contribution >= 0.6 is 34.5 Å². The van der Waals surface area contributed by atoms with Gasteiger partial charge in [0.05, 0.1) is 11.5 Å². The van der Waals surface area contributed by atoms with Crippen LogP contribution < -0.4 is 10.1 Å². The molecule has 3 rings (SSSR count). The summed E-state index contributed by atoms with van der Waals surface area (Å²) in [5.41, 5.74) is 0.745. The molecular formula is C17H14Cl2N2O3S2. The van der Waals surface area contributed by atoms with Gasteiger partial charge in [0.2, 0.25) is 9.84 Å². The maximum absolute atomic E-state index is 12.7. The zero-order valence-corrected chi connectivity index (χ0v) is 16.7. The van der Waals surface area contributed by atoms with E-state index in [2.05, 4.69) is 10.3 Å². The molecule has 1 heterocycles. The van der Waals surface area contributed by atoms with E-state index in [0.29, 0.717) is 16.8 Å². The van der Waals surface area contributed by atoms with E-state index >= 15 is 0 Å². The first-order valence-corrected chi connectivity index (χ1v) is 10.6. The molecule has 1 N–H and O–H groups in total. The fourth-order valence-electron chi connectivity index (χ4n) is 2.16. The number of sulfone groups is 1. The summed E-state index contributed by atoms with van der Waals surface area (Å²) < 4.78 is 30.9. The van der Waals surface area contributed by atoms with Crippen LogP contribution in [0.1, 0.15) is 6.92 Å². The first kappa shape index (κ1) is 19.0. The predicted octanol–water partition coefficient (Wildman–Crippen LogP) is 5.43. The second kappa shape index (κ2) is 7.84. The molecule has 0 aliphatic heterocycles. The largest absolute Gasteiger partial charge is 0.494 e. The van der Waals surface area contributed by atoms with Crippen LogP contribution in [0.15, 0.2) is 58.5 Å². The van der Waals surface area contributed by atoms with Gasteiger partial charge >= 0.3 is 0 Å². The molecule has 3 aromatic rings. The molecule has 136 valence electrons. The SMILES string of the molecule is CCOc1ccc(Nc2nc(S(=O)(=O)c3ccc(Cl)cc3)c(Cl)s2)cc1. The summed E-state index contributed by atoms with van der Waals surface area (Å²) >= 11 is 13.0. The third kappa shape index (κ3) is 4.12. The molecule has 0 aliphatic rings. The lowest BCUT2D eigenvalue weighted by molar-refractivity contribution is 0.340. The number of benzene rings is 2. The van der Waals surface area contributed by atoms with Crippen LogP contribution in [0.2, 0.25) is 9.36 Å².